The van der Waals surface area contributed by atoms with Crippen molar-refractivity contribution in [3.63, 3.8) is 0 Å². The van der Waals surface area contributed by atoms with Crippen molar-refractivity contribution < 1.29 is 8.85 Å². The fraction of sp³-hybridized carbons (Fsp3) is 0.643. The van der Waals surface area contributed by atoms with Crippen molar-refractivity contribution in [2.75, 3.05) is 36.1 Å². The van der Waals surface area contributed by atoms with Gasteiger partial charge >= 0.3 is 0 Å². The Balaban J connectivity index is 2.21. The summed E-state index contributed by atoms with van der Waals surface area (Å²) in [6, 6.07) is 12.5. The highest BCUT2D eigenvalue weighted by atomic mass is 28.4. The van der Waals surface area contributed by atoms with Gasteiger partial charge in [0.25, 0.3) is 0 Å². The van der Waals surface area contributed by atoms with Gasteiger partial charge in [-0.3, -0.25) is 0 Å². The molecule has 2 rings (SSSR count). The van der Waals surface area contributed by atoms with Crippen LogP contribution in [0.15, 0.2) is 35.7 Å². The zero-order valence-electron chi connectivity index (χ0n) is 24.2. The smallest absolute Gasteiger partial charge is 0.191 e. The Morgan fingerprint density at radius 2 is 1.11 bits per heavy atom. The molecule has 0 fully saturated rings. The monoisotopic (exact) mass is 526 g/mol. The number of hydrogen-bond acceptors (Lipinski definition) is 6. The van der Waals surface area contributed by atoms with Gasteiger partial charge in [0.1, 0.15) is 18.0 Å². The molecule has 0 radical (unpaired) electrons. The van der Waals surface area contributed by atoms with Gasteiger partial charge in [-0.15, -0.1) is 0 Å². The number of hydrogen-bond donors (Lipinski definition) is 0. The minimum atomic E-state index is -1.83. The number of rotatable bonds is 10. The second-order valence-electron chi connectivity index (χ2n) is 12.6. The summed E-state index contributed by atoms with van der Waals surface area (Å²) in [5.74, 6) is 0.681. The maximum absolute atomic E-state index is 9.81. The van der Waals surface area contributed by atoms with E-state index in [1.165, 1.54) is 0 Å². The molecule has 0 unspecified atom stereocenters. The van der Waals surface area contributed by atoms with E-state index in [-0.39, 0.29) is 15.6 Å². The molecule has 6 nitrogen and oxygen atoms in total. The number of fused-ring (bicyclic) bond motifs is 1. The first-order valence-electron chi connectivity index (χ1n) is 13.0. The molecule has 0 aliphatic carbocycles. The average Bonchev–Trinajstić information content (AvgIpc) is 3.07. The molecule has 1 heterocycles. The summed E-state index contributed by atoms with van der Waals surface area (Å²) < 4.78 is 12.8. The second-order valence-corrected chi connectivity index (χ2v) is 22.3. The first kappa shape index (κ1) is 30.1. The molecule has 0 N–H and O–H groups in total. The summed E-state index contributed by atoms with van der Waals surface area (Å²) in [6.07, 6.45) is 1.63. The van der Waals surface area contributed by atoms with Crippen LogP contribution >= 0.6 is 0 Å². The molecular formula is C28H46N4O2Si2. The van der Waals surface area contributed by atoms with Crippen molar-refractivity contribution in [1.29, 1.82) is 10.5 Å². The van der Waals surface area contributed by atoms with Crippen LogP contribution in [-0.2, 0) is 8.85 Å². The van der Waals surface area contributed by atoms with Crippen LogP contribution in [-0.4, -0.2) is 42.9 Å². The highest BCUT2D eigenvalue weighted by Gasteiger charge is 2.39. The third kappa shape index (κ3) is 6.80. The van der Waals surface area contributed by atoms with E-state index in [0.29, 0.717) is 32.1 Å². The van der Waals surface area contributed by atoms with Crippen molar-refractivity contribution in [1.82, 2.24) is 0 Å². The van der Waals surface area contributed by atoms with E-state index in [4.69, 9.17) is 8.85 Å². The standard InChI is InChI=1S/C28H46N4O2Si2/c1-27(2,3)35(7,8)33-19-13-17-31-24-15-11-12-16-25(24)32(26(31)23(21-29)22-30)18-14-20-34-36(9,10)28(4,5)6/h11-12,15-16H,13-14,17-20H2,1-10H3. The molecule has 8 heteroatoms. The lowest BCUT2D eigenvalue weighted by molar-refractivity contribution is 0.283. The number of benzene rings is 1. The van der Waals surface area contributed by atoms with Gasteiger partial charge < -0.3 is 18.7 Å². The molecule has 0 saturated carbocycles. The van der Waals surface area contributed by atoms with Crippen molar-refractivity contribution >= 4 is 28.0 Å². The normalized spacial score (nSPS) is 14.5. The molecular weight excluding hydrogens is 481 g/mol. The number of nitrogens with zero attached hydrogens (tertiary/aromatic N) is 4. The maximum atomic E-state index is 9.81. The van der Waals surface area contributed by atoms with Crippen LogP contribution in [0.4, 0.5) is 11.4 Å². The minimum Gasteiger partial charge on any atom is -0.417 e. The van der Waals surface area contributed by atoms with E-state index in [1.54, 1.807) is 0 Å². The molecule has 198 valence electrons. The van der Waals surface area contributed by atoms with Crippen LogP contribution in [0.2, 0.25) is 36.3 Å². The van der Waals surface area contributed by atoms with Gasteiger partial charge in [0.2, 0.25) is 0 Å². The van der Waals surface area contributed by atoms with Gasteiger partial charge in [0.05, 0.1) is 11.4 Å². The van der Waals surface area contributed by atoms with Crippen LogP contribution in [0.25, 0.3) is 0 Å². The number of anilines is 2. The average molecular weight is 527 g/mol. The Hall–Kier alpha value is -2.11. The molecule has 0 saturated heterocycles. The lowest BCUT2D eigenvalue weighted by Crippen LogP contribution is -2.41. The zero-order valence-corrected chi connectivity index (χ0v) is 26.2. The van der Waals surface area contributed by atoms with E-state index < -0.39 is 16.6 Å². The van der Waals surface area contributed by atoms with Crippen molar-refractivity contribution in [2.45, 2.75) is 90.6 Å². The first-order valence-corrected chi connectivity index (χ1v) is 18.9. The van der Waals surface area contributed by atoms with Crippen LogP contribution in [0, 0.1) is 22.7 Å². The fourth-order valence-corrected chi connectivity index (χ4v) is 5.85. The van der Waals surface area contributed by atoms with Crippen molar-refractivity contribution in [3.05, 3.63) is 35.7 Å². The topological polar surface area (TPSA) is 72.5 Å². The molecule has 0 atom stereocenters. The van der Waals surface area contributed by atoms with E-state index in [9.17, 15) is 10.5 Å². The molecule has 1 aromatic rings. The van der Waals surface area contributed by atoms with Gasteiger partial charge in [-0.25, -0.2) is 0 Å². The summed E-state index contributed by atoms with van der Waals surface area (Å²) in [5.41, 5.74) is 2.21. The predicted octanol–water partition coefficient (Wildman–Crippen LogP) is 7.40. The predicted molar refractivity (Wildman–Crippen MR) is 155 cm³/mol. The van der Waals surface area contributed by atoms with Crippen LogP contribution in [0.3, 0.4) is 0 Å². The largest absolute Gasteiger partial charge is 0.417 e. The zero-order chi connectivity index (χ0) is 27.4. The molecule has 1 aliphatic heterocycles. The minimum absolute atomic E-state index is 0.141. The molecule has 0 bridgehead atoms. The van der Waals surface area contributed by atoms with Crippen LogP contribution in [0.1, 0.15) is 54.4 Å². The molecule has 1 aromatic carbocycles. The van der Waals surface area contributed by atoms with Crippen LogP contribution < -0.4 is 9.80 Å². The Bertz CT molecular complexity index is 945. The van der Waals surface area contributed by atoms with Gasteiger partial charge in [0, 0.05) is 26.3 Å². The van der Waals surface area contributed by atoms with Gasteiger partial charge in [-0.05, 0) is 61.2 Å². The van der Waals surface area contributed by atoms with Crippen LogP contribution in [0.5, 0.6) is 0 Å². The Labute approximate surface area is 221 Å². The summed E-state index contributed by atoms with van der Waals surface area (Å²) >= 11 is 0. The number of nitriles is 2. The first-order chi connectivity index (χ1) is 16.6. The fourth-order valence-electron chi connectivity index (χ4n) is 3.68. The second kappa shape index (κ2) is 11.5. The lowest BCUT2D eigenvalue weighted by atomic mass is 10.2. The summed E-state index contributed by atoms with van der Waals surface area (Å²) in [7, 11) is -3.65. The van der Waals surface area contributed by atoms with E-state index in [2.05, 4.69) is 102 Å². The lowest BCUT2D eigenvalue weighted by Gasteiger charge is -2.36. The number of allylic oxidation sites excluding steroid dienone is 1. The molecule has 0 amide bonds. The summed E-state index contributed by atoms with van der Waals surface area (Å²) in [6.45, 7) is 25.2. The molecule has 1 aliphatic rings. The van der Waals surface area contributed by atoms with E-state index >= 15 is 0 Å². The molecule has 36 heavy (non-hydrogen) atoms. The third-order valence-electron chi connectivity index (χ3n) is 8.01. The van der Waals surface area contributed by atoms with Crippen molar-refractivity contribution in [3.8, 4) is 12.1 Å². The quantitative estimate of drug-likeness (QED) is 0.180. The number of para-hydroxylation sites is 2. The maximum Gasteiger partial charge on any atom is 0.191 e. The van der Waals surface area contributed by atoms with Gasteiger partial charge in [-0.1, -0.05) is 53.7 Å². The van der Waals surface area contributed by atoms with E-state index in [1.807, 2.05) is 12.1 Å². The Morgan fingerprint density at radius 3 is 1.42 bits per heavy atom. The SMILES string of the molecule is CC(C)(C)[Si](C)(C)OCCCN1C(=C(C#N)C#N)N(CCCO[Si](C)(C)C(C)(C)C)c2ccccc21. The summed E-state index contributed by atoms with van der Waals surface area (Å²) in [4.78, 5) is 4.25. The third-order valence-corrected chi connectivity index (χ3v) is 17.1. The molecule has 0 aromatic heterocycles. The summed E-state index contributed by atoms with van der Waals surface area (Å²) in [5, 5.41) is 20.0. The highest BCUT2D eigenvalue weighted by Crippen LogP contribution is 2.43. The van der Waals surface area contributed by atoms with E-state index in [0.717, 1.165) is 24.2 Å². The Morgan fingerprint density at radius 1 is 0.750 bits per heavy atom. The van der Waals surface area contributed by atoms with Gasteiger partial charge in [0.15, 0.2) is 22.2 Å². The van der Waals surface area contributed by atoms with Gasteiger partial charge in [-0.2, -0.15) is 10.5 Å². The Kier molecular flexibility index (Phi) is 9.64. The van der Waals surface area contributed by atoms with Crippen molar-refractivity contribution in [2.24, 2.45) is 0 Å². The highest BCUT2D eigenvalue weighted by molar-refractivity contribution is 6.74. The molecule has 0 spiro atoms.